The fourth-order valence-corrected chi connectivity index (χ4v) is 2.93. The third kappa shape index (κ3) is 2.93. The summed E-state index contributed by atoms with van der Waals surface area (Å²) in [7, 11) is 1.63. The summed E-state index contributed by atoms with van der Waals surface area (Å²) in [6.07, 6.45) is 3.21. The number of hydrogen-bond acceptors (Lipinski definition) is 3. The van der Waals surface area contributed by atoms with Crippen molar-refractivity contribution >= 4 is 5.91 Å². The lowest BCUT2D eigenvalue weighted by atomic mass is 9.69. The van der Waals surface area contributed by atoms with Crippen molar-refractivity contribution in [3.05, 3.63) is 29.8 Å². The molecule has 0 bridgehead atoms. The Morgan fingerprint density at radius 3 is 2.70 bits per heavy atom. The Kier molecular flexibility index (Phi) is 4.29. The van der Waals surface area contributed by atoms with E-state index in [2.05, 4.69) is 11.4 Å². The van der Waals surface area contributed by atoms with Crippen molar-refractivity contribution in [1.29, 1.82) is 5.26 Å². The van der Waals surface area contributed by atoms with Crippen LogP contribution in [0.5, 0.6) is 5.75 Å². The second-order valence-corrected chi connectivity index (χ2v) is 5.40. The number of nitriles is 1. The van der Waals surface area contributed by atoms with E-state index in [-0.39, 0.29) is 11.9 Å². The average Bonchev–Trinajstić information content (AvgIpc) is 2.48. The maximum atomic E-state index is 11.1. The molecule has 1 aromatic carbocycles. The first-order valence-electron chi connectivity index (χ1n) is 6.92. The topological polar surface area (TPSA) is 62.1 Å². The molecule has 4 heteroatoms. The minimum atomic E-state index is -0.455. The first-order chi connectivity index (χ1) is 9.59. The largest absolute Gasteiger partial charge is 0.497 e. The number of benzene rings is 1. The smallest absolute Gasteiger partial charge is 0.217 e. The Balaban J connectivity index is 2.16. The molecule has 0 spiro atoms. The van der Waals surface area contributed by atoms with Gasteiger partial charge in [-0.05, 0) is 43.4 Å². The van der Waals surface area contributed by atoms with Gasteiger partial charge in [-0.1, -0.05) is 12.1 Å². The molecule has 1 saturated carbocycles. The summed E-state index contributed by atoms with van der Waals surface area (Å²) in [6, 6.07) is 10.4. The predicted octanol–water partition coefficient (Wildman–Crippen LogP) is 2.54. The highest BCUT2D eigenvalue weighted by Gasteiger charge is 2.37. The normalized spacial score (nSPS) is 25.6. The van der Waals surface area contributed by atoms with Crippen LogP contribution in [-0.2, 0) is 10.2 Å². The molecule has 1 aliphatic carbocycles. The number of carbonyl (C=O) groups excluding carboxylic acids is 1. The van der Waals surface area contributed by atoms with Gasteiger partial charge in [0.2, 0.25) is 5.91 Å². The molecule has 1 N–H and O–H groups in total. The van der Waals surface area contributed by atoms with Crippen LogP contribution >= 0.6 is 0 Å². The molecule has 20 heavy (non-hydrogen) atoms. The molecule has 1 aliphatic rings. The van der Waals surface area contributed by atoms with Crippen LogP contribution in [0, 0.1) is 11.3 Å². The lowest BCUT2D eigenvalue weighted by Gasteiger charge is -2.35. The summed E-state index contributed by atoms with van der Waals surface area (Å²) in [6.45, 7) is 1.54. The quantitative estimate of drug-likeness (QED) is 0.919. The molecular weight excluding hydrogens is 252 g/mol. The summed E-state index contributed by atoms with van der Waals surface area (Å²) < 4.78 is 5.24. The molecule has 106 valence electrons. The molecule has 2 rings (SSSR count). The van der Waals surface area contributed by atoms with Crippen molar-refractivity contribution in [3.8, 4) is 11.8 Å². The summed E-state index contributed by atoms with van der Waals surface area (Å²) in [5, 5.41) is 12.6. The number of carbonyl (C=O) groups is 1. The van der Waals surface area contributed by atoms with E-state index >= 15 is 0 Å². The zero-order valence-electron chi connectivity index (χ0n) is 12.0. The van der Waals surface area contributed by atoms with Crippen molar-refractivity contribution in [2.45, 2.75) is 44.1 Å². The minimum absolute atomic E-state index is 0.000776. The van der Waals surface area contributed by atoms with Gasteiger partial charge in [0.25, 0.3) is 0 Å². The van der Waals surface area contributed by atoms with E-state index < -0.39 is 5.41 Å². The summed E-state index contributed by atoms with van der Waals surface area (Å²) in [5.41, 5.74) is 0.560. The van der Waals surface area contributed by atoms with Crippen molar-refractivity contribution in [2.24, 2.45) is 0 Å². The molecule has 1 fully saturated rings. The number of amides is 1. The summed E-state index contributed by atoms with van der Waals surface area (Å²) >= 11 is 0. The van der Waals surface area contributed by atoms with Crippen LogP contribution in [0.1, 0.15) is 38.2 Å². The molecule has 0 heterocycles. The van der Waals surface area contributed by atoms with Crippen molar-refractivity contribution in [3.63, 3.8) is 0 Å². The molecule has 0 unspecified atom stereocenters. The Morgan fingerprint density at radius 1 is 1.45 bits per heavy atom. The molecule has 1 amide bonds. The standard InChI is InChI=1S/C16H20N2O2/c1-12(19)18-14-6-8-16(11-17,9-7-14)13-4-3-5-15(10-13)20-2/h3-5,10,14H,6-9H2,1-2H3,(H,18,19)/t14-,16-. The second kappa shape index (κ2) is 5.96. The number of methoxy groups -OCH3 is 1. The van der Waals surface area contributed by atoms with Gasteiger partial charge in [-0.15, -0.1) is 0 Å². The van der Waals surface area contributed by atoms with E-state index in [9.17, 15) is 10.1 Å². The van der Waals surface area contributed by atoms with E-state index in [1.165, 1.54) is 6.92 Å². The van der Waals surface area contributed by atoms with E-state index in [1.54, 1.807) is 7.11 Å². The minimum Gasteiger partial charge on any atom is -0.497 e. The first kappa shape index (κ1) is 14.4. The van der Waals surface area contributed by atoms with Crippen LogP contribution in [0.15, 0.2) is 24.3 Å². The first-order valence-corrected chi connectivity index (χ1v) is 6.92. The molecule has 1 aromatic rings. The highest BCUT2D eigenvalue weighted by atomic mass is 16.5. The van der Waals surface area contributed by atoms with Gasteiger partial charge >= 0.3 is 0 Å². The molecule has 0 saturated heterocycles. The Bertz CT molecular complexity index is 526. The molecular formula is C16H20N2O2. The SMILES string of the molecule is COc1cccc([C@]2(C#N)CC[C@@H](NC(C)=O)CC2)c1. The van der Waals surface area contributed by atoms with Gasteiger partial charge in [0, 0.05) is 13.0 Å². The van der Waals surface area contributed by atoms with Crippen LogP contribution in [0.4, 0.5) is 0 Å². The van der Waals surface area contributed by atoms with Crippen LogP contribution in [-0.4, -0.2) is 19.1 Å². The maximum Gasteiger partial charge on any atom is 0.217 e. The molecule has 0 radical (unpaired) electrons. The zero-order chi connectivity index (χ0) is 14.6. The Labute approximate surface area is 119 Å². The van der Waals surface area contributed by atoms with Gasteiger partial charge in [-0.2, -0.15) is 5.26 Å². The Hall–Kier alpha value is -2.02. The summed E-state index contributed by atoms with van der Waals surface area (Å²) in [4.78, 5) is 11.1. The highest BCUT2D eigenvalue weighted by molar-refractivity contribution is 5.73. The van der Waals surface area contributed by atoms with Gasteiger partial charge < -0.3 is 10.1 Å². The highest BCUT2D eigenvalue weighted by Crippen LogP contribution is 2.40. The molecule has 4 nitrogen and oxygen atoms in total. The van der Waals surface area contributed by atoms with Gasteiger partial charge in [0.1, 0.15) is 5.75 Å². The Morgan fingerprint density at radius 2 is 2.15 bits per heavy atom. The second-order valence-electron chi connectivity index (χ2n) is 5.40. The molecule has 0 aromatic heterocycles. The number of hydrogen-bond donors (Lipinski definition) is 1. The van der Waals surface area contributed by atoms with Crippen LogP contribution < -0.4 is 10.1 Å². The zero-order valence-corrected chi connectivity index (χ0v) is 12.0. The van der Waals surface area contributed by atoms with E-state index in [0.29, 0.717) is 0 Å². The number of nitrogens with zero attached hydrogens (tertiary/aromatic N) is 1. The monoisotopic (exact) mass is 272 g/mol. The molecule has 0 aliphatic heterocycles. The van der Waals surface area contributed by atoms with Crippen LogP contribution in [0.3, 0.4) is 0 Å². The van der Waals surface area contributed by atoms with Crippen LogP contribution in [0.25, 0.3) is 0 Å². The van der Waals surface area contributed by atoms with Crippen molar-refractivity contribution in [2.75, 3.05) is 7.11 Å². The van der Waals surface area contributed by atoms with Crippen LogP contribution in [0.2, 0.25) is 0 Å². The van der Waals surface area contributed by atoms with Gasteiger partial charge in [-0.3, -0.25) is 4.79 Å². The molecule has 0 atom stereocenters. The van der Waals surface area contributed by atoms with Crippen molar-refractivity contribution < 1.29 is 9.53 Å². The third-order valence-electron chi connectivity index (χ3n) is 4.08. The van der Waals surface area contributed by atoms with Crippen molar-refractivity contribution in [1.82, 2.24) is 5.32 Å². The van der Waals surface area contributed by atoms with E-state index in [1.807, 2.05) is 24.3 Å². The fraction of sp³-hybridized carbons (Fsp3) is 0.500. The lowest BCUT2D eigenvalue weighted by Crippen LogP contribution is -2.40. The third-order valence-corrected chi connectivity index (χ3v) is 4.08. The predicted molar refractivity (Wildman–Crippen MR) is 76.4 cm³/mol. The fourth-order valence-electron chi connectivity index (χ4n) is 2.93. The average molecular weight is 272 g/mol. The van der Waals surface area contributed by atoms with E-state index in [0.717, 1.165) is 37.0 Å². The lowest BCUT2D eigenvalue weighted by molar-refractivity contribution is -0.119. The number of rotatable bonds is 3. The number of ether oxygens (including phenoxy) is 1. The summed E-state index contributed by atoms with van der Waals surface area (Å²) in [5.74, 6) is 0.780. The van der Waals surface area contributed by atoms with E-state index in [4.69, 9.17) is 4.74 Å². The maximum absolute atomic E-state index is 11.1. The van der Waals surface area contributed by atoms with Gasteiger partial charge in [-0.25, -0.2) is 0 Å². The number of nitrogens with one attached hydrogen (secondary N) is 1. The van der Waals surface area contributed by atoms with Gasteiger partial charge in [0.15, 0.2) is 0 Å². The van der Waals surface area contributed by atoms with Gasteiger partial charge in [0.05, 0.1) is 18.6 Å².